The maximum atomic E-state index is 12.9. The van der Waals surface area contributed by atoms with Crippen molar-refractivity contribution in [2.75, 3.05) is 0 Å². The molecule has 0 fully saturated rings. The van der Waals surface area contributed by atoms with Gasteiger partial charge in [-0.2, -0.15) is 4.99 Å². The lowest BCUT2D eigenvalue weighted by Gasteiger charge is -2.09. The van der Waals surface area contributed by atoms with Gasteiger partial charge in [0.15, 0.2) is 0 Å². The molecule has 0 bridgehead atoms. The molecule has 4 rings (SSSR count). The van der Waals surface area contributed by atoms with Gasteiger partial charge in [-0.1, -0.05) is 66.2 Å². The molecule has 1 amide bonds. The van der Waals surface area contributed by atoms with Gasteiger partial charge in [-0.05, 0) is 42.3 Å². The van der Waals surface area contributed by atoms with E-state index < -0.39 is 5.91 Å². The monoisotopic (exact) mass is 409 g/mol. The average molecular weight is 409 g/mol. The summed E-state index contributed by atoms with van der Waals surface area (Å²) in [5.41, 5.74) is 3.45. The first-order chi connectivity index (χ1) is 15.1. The number of carbonyl (C=O) groups excluding carboxylic acids is 1. The Kier molecular flexibility index (Phi) is 6.03. The van der Waals surface area contributed by atoms with E-state index in [9.17, 15) is 9.59 Å². The summed E-state index contributed by atoms with van der Waals surface area (Å²) in [4.78, 5) is 30.1. The number of pyridine rings is 2. The normalized spacial score (nSPS) is 11.5. The van der Waals surface area contributed by atoms with Crippen LogP contribution in [-0.4, -0.2) is 15.0 Å². The van der Waals surface area contributed by atoms with Gasteiger partial charge in [-0.25, -0.2) is 0 Å². The Morgan fingerprint density at radius 2 is 1.48 bits per heavy atom. The lowest BCUT2D eigenvalue weighted by molar-refractivity contribution is 0.0995. The molecule has 0 aliphatic heterocycles. The Morgan fingerprint density at radius 3 is 2.29 bits per heavy atom. The van der Waals surface area contributed by atoms with Crippen LogP contribution in [0, 0.1) is 6.92 Å². The Hall–Kier alpha value is -3.99. The number of amides is 1. The van der Waals surface area contributed by atoms with Crippen LogP contribution in [0.15, 0.2) is 107 Å². The third-order valence-electron chi connectivity index (χ3n) is 5.01. The molecule has 0 N–H and O–H groups in total. The highest BCUT2D eigenvalue weighted by Crippen LogP contribution is 2.06. The summed E-state index contributed by atoms with van der Waals surface area (Å²) in [7, 11) is 0. The van der Waals surface area contributed by atoms with Crippen molar-refractivity contribution in [2.24, 2.45) is 4.99 Å². The predicted molar refractivity (Wildman–Crippen MR) is 121 cm³/mol. The first-order valence-electron chi connectivity index (χ1n) is 10.1. The van der Waals surface area contributed by atoms with Crippen molar-refractivity contribution in [2.45, 2.75) is 20.0 Å². The first-order valence-corrected chi connectivity index (χ1v) is 10.1. The Bertz CT molecular complexity index is 1330. The molecule has 2 aromatic heterocycles. The molecule has 0 aliphatic carbocycles. The molecule has 0 radical (unpaired) electrons. The average Bonchev–Trinajstić information content (AvgIpc) is 2.77. The highest BCUT2D eigenvalue weighted by molar-refractivity contribution is 5.94. The molecule has 0 atom stereocenters. The van der Waals surface area contributed by atoms with Crippen LogP contribution < -0.4 is 11.0 Å². The number of nitrogens with zero attached hydrogens (tertiary/aromatic N) is 3. The van der Waals surface area contributed by atoms with E-state index in [-0.39, 0.29) is 11.1 Å². The van der Waals surface area contributed by atoms with E-state index in [4.69, 9.17) is 0 Å². The second-order valence-electron chi connectivity index (χ2n) is 7.43. The Morgan fingerprint density at radius 1 is 0.774 bits per heavy atom. The minimum absolute atomic E-state index is 0.0604. The SMILES string of the molecule is Cc1cccc(Cn2cccc(C(=O)N=c3ccccn3Cc3ccccc3)c2=O)c1. The Balaban J connectivity index is 1.65. The smallest absolute Gasteiger partial charge is 0.284 e. The Labute approximate surface area is 180 Å². The van der Waals surface area contributed by atoms with Gasteiger partial charge in [0.2, 0.25) is 0 Å². The van der Waals surface area contributed by atoms with Gasteiger partial charge in [-0.3, -0.25) is 9.59 Å². The van der Waals surface area contributed by atoms with E-state index >= 15 is 0 Å². The molecule has 0 unspecified atom stereocenters. The van der Waals surface area contributed by atoms with Crippen molar-refractivity contribution < 1.29 is 4.79 Å². The fourth-order valence-electron chi connectivity index (χ4n) is 3.48. The van der Waals surface area contributed by atoms with Crippen LogP contribution in [0.1, 0.15) is 27.0 Å². The predicted octanol–water partition coefficient (Wildman–Crippen LogP) is 3.80. The third-order valence-corrected chi connectivity index (χ3v) is 5.01. The van der Waals surface area contributed by atoms with Crippen molar-refractivity contribution >= 4 is 5.91 Å². The molecule has 5 nitrogen and oxygen atoms in total. The standard InChI is InChI=1S/C26H23N3O2/c1-20-9-7-12-22(17-20)19-29-16-8-13-23(26(29)31)25(30)27-24-14-5-6-15-28(24)18-21-10-3-2-4-11-21/h2-17H,18-19H2,1H3. The molecule has 0 saturated carbocycles. The van der Waals surface area contributed by atoms with E-state index in [0.717, 1.165) is 16.7 Å². The fraction of sp³-hybridized carbons (Fsp3) is 0.115. The van der Waals surface area contributed by atoms with Crippen molar-refractivity contribution in [1.82, 2.24) is 9.13 Å². The van der Waals surface area contributed by atoms with Crippen LogP contribution in [0.4, 0.5) is 0 Å². The number of rotatable bonds is 5. The highest BCUT2D eigenvalue weighted by Gasteiger charge is 2.12. The van der Waals surface area contributed by atoms with Gasteiger partial charge < -0.3 is 9.13 Å². The van der Waals surface area contributed by atoms with Crippen molar-refractivity contribution in [1.29, 1.82) is 0 Å². The molecular formula is C26H23N3O2. The van der Waals surface area contributed by atoms with E-state index in [0.29, 0.717) is 18.6 Å². The van der Waals surface area contributed by atoms with E-state index in [1.54, 1.807) is 22.9 Å². The van der Waals surface area contributed by atoms with Gasteiger partial charge in [0.25, 0.3) is 11.5 Å². The van der Waals surface area contributed by atoms with Crippen LogP contribution in [0.25, 0.3) is 0 Å². The van der Waals surface area contributed by atoms with Crippen LogP contribution in [0.3, 0.4) is 0 Å². The lowest BCUT2D eigenvalue weighted by atomic mass is 10.1. The maximum Gasteiger partial charge on any atom is 0.284 e. The van der Waals surface area contributed by atoms with E-state index in [1.807, 2.05) is 84.4 Å². The van der Waals surface area contributed by atoms with E-state index in [1.165, 1.54) is 6.07 Å². The molecule has 4 aromatic rings. The lowest BCUT2D eigenvalue weighted by Crippen LogP contribution is -2.28. The maximum absolute atomic E-state index is 12.9. The number of aromatic nitrogens is 2. The molecular weight excluding hydrogens is 386 g/mol. The zero-order valence-corrected chi connectivity index (χ0v) is 17.3. The number of hydrogen-bond donors (Lipinski definition) is 0. The van der Waals surface area contributed by atoms with Crippen molar-refractivity contribution in [3.05, 3.63) is 135 Å². The highest BCUT2D eigenvalue weighted by atomic mass is 16.2. The van der Waals surface area contributed by atoms with Gasteiger partial charge in [0.1, 0.15) is 11.1 Å². The minimum atomic E-state index is -0.545. The molecule has 0 aliphatic rings. The van der Waals surface area contributed by atoms with Crippen LogP contribution in [0.2, 0.25) is 0 Å². The quantitative estimate of drug-likeness (QED) is 0.504. The summed E-state index contributed by atoms with van der Waals surface area (Å²) in [6.07, 6.45) is 3.57. The van der Waals surface area contributed by atoms with Gasteiger partial charge >= 0.3 is 0 Å². The fourth-order valence-corrected chi connectivity index (χ4v) is 3.48. The largest absolute Gasteiger partial charge is 0.328 e. The zero-order valence-electron chi connectivity index (χ0n) is 17.3. The summed E-state index contributed by atoms with van der Waals surface area (Å²) >= 11 is 0. The molecule has 0 saturated heterocycles. The summed E-state index contributed by atoms with van der Waals surface area (Å²) in [5.74, 6) is -0.545. The number of aryl methyl sites for hydroxylation is 1. The van der Waals surface area contributed by atoms with Gasteiger partial charge in [-0.15, -0.1) is 0 Å². The third kappa shape index (κ3) is 4.95. The second-order valence-corrected chi connectivity index (χ2v) is 7.43. The molecule has 0 spiro atoms. The van der Waals surface area contributed by atoms with Crippen LogP contribution in [-0.2, 0) is 13.1 Å². The summed E-state index contributed by atoms with van der Waals surface area (Å²) < 4.78 is 3.43. The molecule has 154 valence electrons. The molecule has 31 heavy (non-hydrogen) atoms. The van der Waals surface area contributed by atoms with Gasteiger partial charge in [0, 0.05) is 18.9 Å². The number of hydrogen-bond acceptors (Lipinski definition) is 2. The van der Waals surface area contributed by atoms with E-state index in [2.05, 4.69) is 4.99 Å². The topological polar surface area (TPSA) is 56.4 Å². The summed E-state index contributed by atoms with van der Waals surface area (Å²) in [6.45, 7) is 3.00. The first kappa shape index (κ1) is 20.3. The number of benzene rings is 2. The minimum Gasteiger partial charge on any atom is -0.328 e. The van der Waals surface area contributed by atoms with Crippen molar-refractivity contribution in [3.63, 3.8) is 0 Å². The van der Waals surface area contributed by atoms with Crippen LogP contribution in [0.5, 0.6) is 0 Å². The van der Waals surface area contributed by atoms with Gasteiger partial charge in [0.05, 0.1) is 6.54 Å². The molecule has 2 aromatic carbocycles. The van der Waals surface area contributed by atoms with Crippen molar-refractivity contribution in [3.8, 4) is 0 Å². The number of carbonyl (C=O) groups is 1. The molecule has 2 heterocycles. The summed E-state index contributed by atoms with van der Waals surface area (Å²) in [6, 6.07) is 26.7. The zero-order chi connectivity index (χ0) is 21.6. The van der Waals surface area contributed by atoms with Crippen LogP contribution >= 0.6 is 0 Å². The summed E-state index contributed by atoms with van der Waals surface area (Å²) in [5, 5.41) is 0. The molecule has 5 heteroatoms. The second kappa shape index (κ2) is 9.22.